The Kier molecular flexibility index (Phi) is 7.20. The fraction of sp³-hybridized carbons (Fsp3) is 0.429. The molecule has 9 heteroatoms. The van der Waals surface area contributed by atoms with E-state index in [1.54, 1.807) is 18.2 Å². The van der Waals surface area contributed by atoms with Crippen molar-refractivity contribution in [2.45, 2.75) is 45.2 Å². The van der Waals surface area contributed by atoms with Crippen LogP contribution in [0.25, 0.3) is 11.3 Å². The number of sulfonamides is 1. The topological polar surface area (TPSA) is 87.7 Å². The molecule has 0 spiro atoms. The van der Waals surface area contributed by atoms with Crippen LogP contribution in [0.2, 0.25) is 0 Å². The van der Waals surface area contributed by atoms with Crippen LogP contribution >= 0.6 is 0 Å². The van der Waals surface area contributed by atoms with Gasteiger partial charge in [0.2, 0.25) is 11.8 Å². The molecular formula is C28H35N5O3S. The van der Waals surface area contributed by atoms with Crippen LogP contribution in [-0.4, -0.2) is 67.0 Å². The van der Waals surface area contributed by atoms with Gasteiger partial charge in [-0.15, -0.1) is 0 Å². The summed E-state index contributed by atoms with van der Waals surface area (Å²) in [5.74, 6) is 0.919. The minimum Gasteiger partial charge on any atom is -0.471 e. The van der Waals surface area contributed by atoms with Crippen LogP contribution in [0.4, 0.5) is 5.95 Å². The van der Waals surface area contributed by atoms with Gasteiger partial charge >= 0.3 is 0 Å². The molecule has 37 heavy (non-hydrogen) atoms. The van der Waals surface area contributed by atoms with Crippen molar-refractivity contribution in [1.29, 1.82) is 0 Å². The average molecular weight is 522 g/mol. The fourth-order valence-corrected chi connectivity index (χ4v) is 6.31. The molecule has 3 heterocycles. The maximum atomic E-state index is 13.3. The number of anilines is 1. The van der Waals surface area contributed by atoms with Crippen molar-refractivity contribution >= 4 is 16.0 Å². The quantitative estimate of drug-likeness (QED) is 0.555. The Morgan fingerprint density at radius 1 is 1.03 bits per heavy atom. The summed E-state index contributed by atoms with van der Waals surface area (Å²) in [6.45, 7) is 13.5. The lowest BCUT2D eigenvalue weighted by molar-refractivity contribution is 0.120. The summed E-state index contributed by atoms with van der Waals surface area (Å²) in [5.41, 5.74) is 4.62. The standard InChI is InChI=1S/C28H35N5O3S/c1-19(2)15-32-11-12-33-16-22-9-6-10-24(13-22)37(34,35)31-28-29-25(27-20(3)7-5-8-21(27)4)14-26(30-28)36-23(17-32)18-33/h5-10,13-14,19,23H,11-12,15-18H2,1-4H3,(H,29,30,31). The van der Waals surface area contributed by atoms with Crippen molar-refractivity contribution in [2.75, 3.05) is 37.4 Å². The Hall–Kier alpha value is -3.01. The van der Waals surface area contributed by atoms with Crippen LogP contribution < -0.4 is 9.46 Å². The van der Waals surface area contributed by atoms with E-state index in [0.717, 1.165) is 55.0 Å². The van der Waals surface area contributed by atoms with Crippen LogP contribution in [0.5, 0.6) is 5.88 Å². The van der Waals surface area contributed by atoms with Gasteiger partial charge in [-0.2, -0.15) is 4.98 Å². The number of fused-ring (bicyclic) bond motifs is 6. The second-order valence-corrected chi connectivity index (χ2v) is 12.2. The average Bonchev–Trinajstić information content (AvgIpc) is 2.99. The molecule has 0 radical (unpaired) electrons. The number of nitrogens with one attached hydrogen (secondary N) is 1. The van der Waals surface area contributed by atoms with E-state index < -0.39 is 10.0 Å². The number of hydrogen-bond donors (Lipinski definition) is 1. The lowest BCUT2D eigenvalue weighted by Gasteiger charge is -2.26. The summed E-state index contributed by atoms with van der Waals surface area (Å²) in [7, 11) is -3.89. The van der Waals surface area contributed by atoms with Crippen LogP contribution in [0.1, 0.15) is 30.5 Å². The largest absolute Gasteiger partial charge is 0.471 e. The first kappa shape index (κ1) is 25.6. The normalized spacial score (nSPS) is 21.5. The highest BCUT2D eigenvalue weighted by molar-refractivity contribution is 7.92. The number of ether oxygens (including phenoxy) is 1. The molecule has 6 bridgehead atoms. The molecule has 5 rings (SSSR count). The Labute approximate surface area is 219 Å². The van der Waals surface area contributed by atoms with Gasteiger partial charge in [-0.1, -0.05) is 44.2 Å². The Morgan fingerprint density at radius 3 is 2.54 bits per heavy atom. The minimum atomic E-state index is -3.89. The number of hydrogen-bond acceptors (Lipinski definition) is 7. The number of nitrogens with zero attached hydrogens (tertiary/aromatic N) is 4. The number of benzene rings is 2. The maximum Gasteiger partial charge on any atom is 0.264 e. The molecule has 1 saturated heterocycles. The monoisotopic (exact) mass is 521 g/mol. The molecule has 2 aliphatic rings. The van der Waals surface area contributed by atoms with E-state index in [2.05, 4.69) is 38.3 Å². The van der Waals surface area contributed by atoms with Gasteiger partial charge in [-0.3, -0.25) is 9.80 Å². The summed E-state index contributed by atoms with van der Waals surface area (Å²) in [6.07, 6.45) is -0.129. The molecule has 0 saturated carbocycles. The summed E-state index contributed by atoms with van der Waals surface area (Å²) in [6, 6.07) is 15.0. The highest BCUT2D eigenvalue weighted by Crippen LogP contribution is 2.30. The lowest BCUT2D eigenvalue weighted by atomic mass is 10.00. The second-order valence-electron chi connectivity index (χ2n) is 10.6. The zero-order valence-electron chi connectivity index (χ0n) is 21.9. The van der Waals surface area contributed by atoms with Gasteiger partial charge in [-0.25, -0.2) is 18.1 Å². The molecule has 0 aliphatic carbocycles. The molecule has 2 unspecified atom stereocenters. The van der Waals surface area contributed by atoms with Crippen molar-refractivity contribution in [3.05, 3.63) is 65.2 Å². The van der Waals surface area contributed by atoms with Crippen molar-refractivity contribution in [2.24, 2.45) is 5.92 Å². The molecule has 196 valence electrons. The predicted octanol–water partition coefficient (Wildman–Crippen LogP) is 4.10. The molecule has 2 atom stereocenters. The first-order valence-electron chi connectivity index (χ1n) is 12.8. The number of rotatable bonds is 3. The number of aromatic nitrogens is 2. The van der Waals surface area contributed by atoms with E-state index in [-0.39, 0.29) is 16.9 Å². The minimum absolute atomic E-state index is 0.00400. The molecule has 1 N–H and O–H groups in total. The summed E-state index contributed by atoms with van der Waals surface area (Å²) >= 11 is 0. The van der Waals surface area contributed by atoms with E-state index in [1.807, 2.05) is 44.2 Å². The molecule has 8 nitrogen and oxygen atoms in total. The van der Waals surface area contributed by atoms with Crippen molar-refractivity contribution < 1.29 is 13.2 Å². The van der Waals surface area contributed by atoms with Crippen LogP contribution in [0, 0.1) is 19.8 Å². The third-order valence-corrected chi connectivity index (χ3v) is 8.17. The van der Waals surface area contributed by atoms with E-state index in [1.165, 1.54) is 0 Å². The first-order chi connectivity index (χ1) is 17.7. The van der Waals surface area contributed by atoms with Gasteiger partial charge in [0.05, 0.1) is 10.6 Å². The van der Waals surface area contributed by atoms with Gasteiger partial charge in [0.1, 0.15) is 6.10 Å². The van der Waals surface area contributed by atoms with Crippen molar-refractivity contribution in [3.8, 4) is 17.1 Å². The lowest BCUT2D eigenvalue weighted by Crippen LogP contribution is -2.39. The SMILES string of the molecule is Cc1cccc(C)c1-c1cc2nc(n1)NS(=O)(=O)c1cccc(c1)CN1CCN(CC(C)C)CC(C1)O2. The highest BCUT2D eigenvalue weighted by atomic mass is 32.2. The van der Waals surface area contributed by atoms with E-state index in [9.17, 15) is 8.42 Å². The van der Waals surface area contributed by atoms with Gasteiger partial charge in [0, 0.05) is 50.9 Å². The van der Waals surface area contributed by atoms with E-state index in [4.69, 9.17) is 4.74 Å². The smallest absolute Gasteiger partial charge is 0.264 e. The molecule has 2 aliphatic heterocycles. The molecule has 2 aromatic carbocycles. The summed E-state index contributed by atoms with van der Waals surface area (Å²) in [5, 5.41) is 0. The molecule has 0 amide bonds. The zero-order valence-corrected chi connectivity index (χ0v) is 22.8. The van der Waals surface area contributed by atoms with E-state index >= 15 is 0 Å². The summed E-state index contributed by atoms with van der Waals surface area (Å²) in [4.78, 5) is 14.1. The van der Waals surface area contributed by atoms with Crippen molar-refractivity contribution in [1.82, 2.24) is 19.8 Å². The van der Waals surface area contributed by atoms with Gasteiger partial charge in [0.15, 0.2) is 0 Å². The van der Waals surface area contributed by atoms with Gasteiger partial charge in [-0.05, 0) is 48.6 Å². The molecule has 3 aromatic rings. The van der Waals surface area contributed by atoms with Crippen LogP contribution in [0.15, 0.2) is 53.4 Å². The van der Waals surface area contributed by atoms with Crippen LogP contribution in [0.3, 0.4) is 0 Å². The van der Waals surface area contributed by atoms with Crippen molar-refractivity contribution in [3.63, 3.8) is 0 Å². The Balaban J connectivity index is 1.63. The maximum absolute atomic E-state index is 13.3. The molecule has 1 aromatic heterocycles. The van der Waals surface area contributed by atoms with E-state index in [0.29, 0.717) is 24.0 Å². The Bertz CT molecular complexity index is 1370. The molecule has 1 fully saturated rings. The second kappa shape index (κ2) is 10.4. The fourth-order valence-electron chi connectivity index (χ4n) is 5.30. The van der Waals surface area contributed by atoms with Gasteiger partial charge < -0.3 is 4.74 Å². The third-order valence-electron chi connectivity index (χ3n) is 6.85. The predicted molar refractivity (Wildman–Crippen MR) is 145 cm³/mol. The third kappa shape index (κ3) is 5.95. The number of aryl methyl sites for hydroxylation is 2. The van der Waals surface area contributed by atoms with Crippen LogP contribution in [-0.2, 0) is 16.6 Å². The zero-order chi connectivity index (χ0) is 26.2. The summed E-state index contributed by atoms with van der Waals surface area (Å²) < 4.78 is 35.8. The first-order valence-corrected chi connectivity index (χ1v) is 14.3. The highest BCUT2D eigenvalue weighted by Gasteiger charge is 2.27. The Morgan fingerprint density at radius 2 is 1.78 bits per heavy atom. The van der Waals surface area contributed by atoms with Gasteiger partial charge in [0.25, 0.3) is 10.0 Å². The molecular weight excluding hydrogens is 486 g/mol.